The Morgan fingerprint density at radius 3 is 2.44 bits per heavy atom. The van der Waals surface area contributed by atoms with E-state index in [1.54, 1.807) is 4.57 Å². The molecular formula is C11H19BN2O2. The molecule has 0 radical (unpaired) electrons. The topological polar surface area (TPSA) is 36.3 Å². The number of hydrogen-bond donors (Lipinski definition) is 0. The Morgan fingerprint density at radius 1 is 1.38 bits per heavy atom. The van der Waals surface area contributed by atoms with E-state index in [-0.39, 0.29) is 12.5 Å². The largest absolute Gasteiger partial charge is 0.514 e. The molecule has 1 saturated heterocycles. The van der Waals surface area contributed by atoms with E-state index < -0.39 is 18.3 Å². The SMILES string of the molecule is [2H]c1nc([2H])n(CC)c1B1OC(C)(C)C(C)(C)O1. The zero-order valence-corrected chi connectivity index (χ0v) is 10.5. The normalized spacial score (nSPS) is 24.4. The summed E-state index contributed by atoms with van der Waals surface area (Å²) in [7, 11) is -0.631. The molecule has 0 aromatic carbocycles. The summed E-state index contributed by atoms with van der Waals surface area (Å²) in [4.78, 5) is 3.86. The zero-order chi connectivity index (χ0) is 13.7. The second kappa shape index (κ2) is 3.60. The van der Waals surface area contributed by atoms with Gasteiger partial charge in [-0.15, -0.1) is 0 Å². The van der Waals surface area contributed by atoms with E-state index in [2.05, 4.69) is 4.98 Å². The molecule has 1 aliphatic rings. The maximum atomic E-state index is 7.85. The highest BCUT2D eigenvalue weighted by molar-refractivity contribution is 6.61. The highest BCUT2D eigenvalue weighted by Crippen LogP contribution is 2.36. The summed E-state index contributed by atoms with van der Waals surface area (Å²) in [5.74, 6) is 0. The van der Waals surface area contributed by atoms with Crippen LogP contribution in [-0.4, -0.2) is 27.9 Å². The molecule has 16 heavy (non-hydrogen) atoms. The minimum absolute atomic E-state index is 0.0559. The molecule has 88 valence electrons. The summed E-state index contributed by atoms with van der Waals surface area (Å²) in [5.41, 5.74) is -0.370. The first kappa shape index (κ1) is 9.25. The smallest absolute Gasteiger partial charge is 0.398 e. The lowest BCUT2D eigenvalue weighted by molar-refractivity contribution is 0.00578. The van der Waals surface area contributed by atoms with Gasteiger partial charge in [0.2, 0.25) is 0 Å². The Bertz CT molecular complexity index is 458. The molecule has 0 amide bonds. The summed E-state index contributed by atoms with van der Waals surface area (Å²) in [6.45, 7) is 10.3. The third-order valence-electron chi connectivity index (χ3n) is 3.42. The lowest BCUT2D eigenvalue weighted by atomic mass is 9.85. The van der Waals surface area contributed by atoms with Gasteiger partial charge in [0.05, 0.1) is 24.5 Å². The summed E-state index contributed by atoms with van der Waals surface area (Å²) >= 11 is 0. The Morgan fingerprint density at radius 2 is 1.94 bits per heavy atom. The first-order chi connectivity index (χ1) is 8.19. The third kappa shape index (κ3) is 1.68. The highest BCUT2D eigenvalue weighted by atomic mass is 16.7. The van der Waals surface area contributed by atoms with Crippen molar-refractivity contribution in [3.05, 3.63) is 12.5 Å². The predicted octanol–water partition coefficient (Wildman–Crippen LogP) is 1.20. The van der Waals surface area contributed by atoms with Gasteiger partial charge in [-0.05, 0) is 34.6 Å². The van der Waals surface area contributed by atoms with Gasteiger partial charge in [-0.1, -0.05) is 0 Å². The quantitative estimate of drug-likeness (QED) is 0.708. The number of aromatic nitrogens is 2. The summed E-state index contributed by atoms with van der Waals surface area (Å²) in [6, 6.07) is 0. The summed E-state index contributed by atoms with van der Waals surface area (Å²) in [5, 5.41) is 0. The van der Waals surface area contributed by atoms with E-state index in [0.717, 1.165) is 0 Å². The molecule has 2 rings (SSSR count). The highest BCUT2D eigenvalue weighted by Gasteiger charge is 2.52. The molecule has 0 bridgehead atoms. The molecule has 0 aliphatic carbocycles. The van der Waals surface area contributed by atoms with Crippen LogP contribution in [0.15, 0.2) is 12.5 Å². The Hall–Kier alpha value is -0.805. The van der Waals surface area contributed by atoms with Gasteiger partial charge in [0.1, 0.15) is 1.37 Å². The molecule has 0 spiro atoms. The van der Waals surface area contributed by atoms with Gasteiger partial charge in [-0.2, -0.15) is 0 Å². The first-order valence-corrected chi connectivity index (χ1v) is 5.59. The molecule has 0 N–H and O–H groups in total. The van der Waals surface area contributed by atoms with Crippen LogP contribution >= 0.6 is 0 Å². The lowest BCUT2D eigenvalue weighted by Gasteiger charge is -2.32. The van der Waals surface area contributed by atoms with Crippen molar-refractivity contribution in [2.24, 2.45) is 0 Å². The molecule has 5 heteroatoms. The Kier molecular flexibility index (Phi) is 2.08. The fraction of sp³-hybridized carbons (Fsp3) is 0.727. The Balaban J connectivity index is 2.41. The van der Waals surface area contributed by atoms with Gasteiger partial charge in [0, 0.05) is 12.7 Å². The van der Waals surface area contributed by atoms with Crippen LogP contribution in [0.5, 0.6) is 0 Å². The van der Waals surface area contributed by atoms with Crippen molar-refractivity contribution in [2.75, 3.05) is 0 Å². The molecule has 1 aromatic rings. The number of rotatable bonds is 2. The van der Waals surface area contributed by atoms with Gasteiger partial charge in [-0.3, -0.25) is 0 Å². The standard InChI is InChI=1S/C11H19BN2O2/c1-6-14-8-13-7-9(14)12-15-10(2,3)11(4,5)16-12/h7-8H,6H2,1-5H3/i7D,8D. The van der Waals surface area contributed by atoms with Gasteiger partial charge >= 0.3 is 7.12 Å². The van der Waals surface area contributed by atoms with Crippen LogP contribution in [0.1, 0.15) is 37.4 Å². The molecular weight excluding hydrogens is 203 g/mol. The minimum atomic E-state index is -0.631. The van der Waals surface area contributed by atoms with Crippen LogP contribution in [0.25, 0.3) is 0 Å². The second-order valence-electron chi connectivity index (χ2n) is 5.04. The predicted molar refractivity (Wildman–Crippen MR) is 63.6 cm³/mol. The van der Waals surface area contributed by atoms with Crippen LogP contribution in [-0.2, 0) is 15.9 Å². The maximum Gasteiger partial charge on any atom is 0.514 e. The molecule has 1 aromatic heterocycles. The van der Waals surface area contributed by atoms with Crippen molar-refractivity contribution in [1.29, 1.82) is 0 Å². The van der Waals surface area contributed by atoms with E-state index in [4.69, 9.17) is 12.1 Å². The van der Waals surface area contributed by atoms with E-state index in [1.807, 2.05) is 34.6 Å². The number of imidazole rings is 1. The van der Waals surface area contributed by atoms with Crippen LogP contribution < -0.4 is 5.59 Å². The Labute approximate surface area is 99.9 Å². The van der Waals surface area contributed by atoms with E-state index in [0.29, 0.717) is 12.1 Å². The number of hydrogen-bond acceptors (Lipinski definition) is 3. The van der Waals surface area contributed by atoms with Crippen LogP contribution in [0.4, 0.5) is 0 Å². The fourth-order valence-corrected chi connectivity index (χ4v) is 1.63. The van der Waals surface area contributed by atoms with Gasteiger partial charge in [-0.25, -0.2) is 4.98 Å². The van der Waals surface area contributed by atoms with Crippen molar-refractivity contribution in [1.82, 2.24) is 9.55 Å². The zero-order valence-electron chi connectivity index (χ0n) is 12.5. The van der Waals surface area contributed by atoms with Crippen molar-refractivity contribution in [3.8, 4) is 0 Å². The van der Waals surface area contributed by atoms with Crippen LogP contribution in [0, 0.1) is 0 Å². The third-order valence-corrected chi connectivity index (χ3v) is 3.42. The van der Waals surface area contributed by atoms with Gasteiger partial charge < -0.3 is 13.9 Å². The molecule has 0 unspecified atom stereocenters. The number of nitrogens with zero attached hydrogens (tertiary/aromatic N) is 2. The van der Waals surface area contributed by atoms with E-state index in [1.165, 1.54) is 0 Å². The van der Waals surface area contributed by atoms with E-state index in [9.17, 15) is 0 Å². The van der Waals surface area contributed by atoms with Crippen LogP contribution in [0.3, 0.4) is 0 Å². The second-order valence-corrected chi connectivity index (χ2v) is 5.04. The average molecular weight is 224 g/mol. The molecule has 0 saturated carbocycles. The maximum absolute atomic E-state index is 7.85. The first-order valence-electron chi connectivity index (χ1n) is 6.59. The molecule has 1 fully saturated rings. The van der Waals surface area contributed by atoms with Crippen molar-refractivity contribution in [3.63, 3.8) is 0 Å². The minimum Gasteiger partial charge on any atom is -0.398 e. The van der Waals surface area contributed by atoms with Gasteiger partial charge in [0.25, 0.3) is 0 Å². The lowest BCUT2D eigenvalue weighted by Crippen LogP contribution is -2.41. The fourth-order valence-electron chi connectivity index (χ4n) is 1.63. The average Bonchev–Trinajstić information content (AvgIpc) is 2.60. The van der Waals surface area contributed by atoms with Crippen LogP contribution in [0.2, 0.25) is 0 Å². The monoisotopic (exact) mass is 224 g/mol. The van der Waals surface area contributed by atoms with Crippen molar-refractivity contribution >= 4 is 12.7 Å². The molecule has 4 nitrogen and oxygen atoms in total. The molecule has 1 aliphatic heterocycles. The molecule has 2 heterocycles. The molecule has 0 atom stereocenters. The van der Waals surface area contributed by atoms with Crippen molar-refractivity contribution < 1.29 is 12.1 Å². The van der Waals surface area contributed by atoms with E-state index >= 15 is 0 Å². The van der Waals surface area contributed by atoms with Gasteiger partial charge in [0.15, 0.2) is 0 Å². The van der Waals surface area contributed by atoms with Crippen molar-refractivity contribution in [2.45, 2.75) is 52.4 Å². The summed E-state index contributed by atoms with van der Waals surface area (Å²) < 4.78 is 29.0. The summed E-state index contributed by atoms with van der Waals surface area (Å²) in [6.07, 6.45) is 0.132.